The second kappa shape index (κ2) is 9.23. The first-order valence-corrected chi connectivity index (χ1v) is 9.72. The van der Waals surface area contributed by atoms with E-state index in [1.54, 1.807) is 30.3 Å². The zero-order valence-corrected chi connectivity index (χ0v) is 16.2. The second-order valence-electron chi connectivity index (χ2n) is 6.07. The number of amides is 3. The molecule has 6 nitrogen and oxygen atoms in total. The topological polar surface area (TPSA) is 75.7 Å². The molecule has 3 rings (SSSR count). The third-order valence-electron chi connectivity index (χ3n) is 3.90. The molecule has 1 fully saturated rings. The van der Waals surface area contributed by atoms with Crippen LogP contribution in [-0.4, -0.2) is 35.1 Å². The molecule has 0 atom stereocenters. The Labute approximate surface area is 167 Å². The summed E-state index contributed by atoms with van der Waals surface area (Å²) >= 11 is 0.820. The Morgan fingerprint density at radius 2 is 1.82 bits per heavy atom. The molecule has 0 aliphatic carbocycles. The number of nitrogens with zero attached hydrogens (tertiary/aromatic N) is 1. The Morgan fingerprint density at radius 3 is 2.57 bits per heavy atom. The van der Waals surface area contributed by atoms with Crippen molar-refractivity contribution in [3.8, 4) is 5.75 Å². The molecular formula is C21H20N2O4S. The number of rotatable bonds is 7. The molecule has 1 heterocycles. The van der Waals surface area contributed by atoms with Gasteiger partial charge in [-0.2, -0.15) is 0 Å². The lowest BCUT2D eigenvalue weighted by molar-refractivity contribution is -0.127. The molecule has 1 aliphatic rings. The summed E-state index contributed by atoms with van der Waals surface area (Å²) in [6, 6.07) is 16.2. The van der Waals surface area contributed by atoms with Crippen molar-refractivity contribution < 1.29 is 19.1 Å². The quantitative estimate of drug-likeness (QED) is 0.712. The van der Waals surface area contributed by atoms with E-state index in [1.165, 1.54) is 0 Å². The molecule has 0 bridgehead atoms. The Hall–Kier alpha value is -3.06. The van der Waals surface area contributed by atoms with Gasteiger partial charge in [-0.3, -0.25) is 19.3 Å². The van der Waals surface area contributed by atoms with E-state index in [0.717, 1.165) is 28.6 Å². The predicted octanol–water partition coefficient (Wildman–Crippen LogP) is 4.15. The van der Waals surface area contributed by atoms with Crippen LogP contribution in [-0.2, 0) is 9.59 Å². The molecule has 3 amide bonds. The smallest absolute Gasteiger partial charge is 0.294 e. The van der Waals surface area contributed by atoms with E-state index < -0.39 is 17.1 Å². The van der Waals surface area contributed by atoms with Crippen molar-refractivity contribution in [1.29, 1.82) is 0 Å². The normalized spacial score (nSPS) is 15.2. The highest BCUT2D eigenvalue weighted by molar-refractivity contribution is 8.18. The fourth-order valence-electron chi connectivity index (χ4n) is 2.59. The molecular weight excluding hydrogens is 376 g/mol. The van der Waals surface area contributed by atoms with Crippen LogP contribution in [0.1, 0.15) is 18.9 Å². The van der Waals surface area contributed by atoms with Crippen molar-refractivity contribution >= 4 is 40.6 Å². The molecule has 1 saturated heterocycles. The van der Waals surface area contributed by atoms with Crippen molar-refractivity contribution in [2.24, 2.45) is 0 Å². The van der Waals surface area contributed by atoms with Crippen LogP contribution in [0, 0.1) is 0 Å². The number of thioether (sulfide) groups is 1. The predicted molar refractivity (Wildman–Crippen MR) is 110 cm³/mol. The number of carbonyl (C=O) groups is 3. The fourth-order valence-corrected chi connectivity index (χ4v) is 3.42. The number of hydrogen-bond acceptors (Lipinski definition) is 5. The van der Waals surface area contributed by atoms with Gasteiger partial charge in [0, 0.05) is 11.3 Å². The van der Waals surface area contributed by atoms with Gasteiger partial charge in [-0.25, -0.2) is 0 Å². The van der Waals surface area contributed by atoms with E-state index in [1.807, 2.05) is 37.3 Å². The van der Waals surface area contributed by atoms with Gasteiger partial charge in [0.05, 0.1) is 11.5 Å². The lowest BCUT2D eigenvalue weighted by Crippen LogP contribution is -2.36. The zero-order valence-electron chi connectivity index (χ0n) is 15.4. The summed E-state index contributed by atoms with van der Waals surface area (Å²) in [5.74, 6) is -0.261. The molecule has 0 aromatic heterocycles. The number of anilines is 1. The van der Waals surface area contributed by atoms with Crippen molar-refractivity contribution in [3.05, 3.63) is 65.1 Å². The van der Waals surface area contributed by atoms with Crippen molar-refractivity contribution in [2.75, 3.05) is 18.5 Å². The number of ether oxygens (including phenoxy) is 1. The van der Waals surface area contributed by atoms with E-state index in [4.69, 9.17) is 4.74 Å². The van der Waals surface area contributed by atoms with Gasteiger partial charge >= 0.3 is 0 Å². The minimum Gasteiger partial charge on any atom is -0.493 e. The summed E-state index contributed by atoms with van der Waals surface area (Å²) in [6.45, 7) is 2.24. The minimum atomic E-state index is -0.483. The van der Waals surface area contributed by atoms with E-state index in [-0.39, 0.29) is 11.4 Å². The number of hydrogen-bond donors (Lipinski definition) is 1. The maximum Gasteiger partial charge on any atom is 0.294 e. The largest absolute Gasteiger partial charge is 0.493 e. The summed E-state index contributed by atoms with van der Waals surface area (Å²) < 4.78 is 5.69. The van der Waals surface area contributed by atoms with Gasteiger partial charge in [-0.15, -0.1) is 0 Å². The van der Waals surface area contributed by atoms with Gasteiger partial charge in [0.25, 0.3) is 11.1 Å². The number of para-hydroxylation sites is 2. The van der Waals surface area contributed by atoms with Crippen LogP contribution < -0.4 is 10.1 Å². The van der Waals surface area contributed by atoms with Crippen LogP contribution in [0.4, 0.5) is 10.5 Å². The summed E-state index contributed by atoms with van der Waals surface area (Å²) in [4.78, 5) is 38.3. The highest BCUT2D eigenvalue weighted by Crippen LogP contribution is 2.33. The van der Waals surface area contributed by atoms with Gasteiger partial charge < -0.3 is 10.1 Å². The summed E-state index contributed by atoms with van der Waals surface area (Å²) in [5, 5.41) is 2.21. The van der Waals surface area contributed by atoms with E-state index in [2.05, 4.69) is 5.32 Å². The van der Waals surface area contributed by atoms with Gasteiger partial charge in [-0.1, -0.05) is 43.3 Å². The molecule has 2 aromatic rings. The second-order valence-corrected chi connectivity index (χ2v) is 7.06. The van der Waals surface area contributed by atoms with E-state index >= 15 is 0 Å². The first kappa shape index (κ1) is 19.7. The van der Waals surface area contributed by atoms with Crippen LogP contribution in [0.15, 0.2) is 59.5 Å². The Balaban J connectivity index is 1.71. The van der Waals surface area contributed by atoms with Crippen molar-refractivity contribution in [1.82, 2.24) is 4.90 Å². The fraction of sp³-hybridized carbons (Fsp3) is 0.190. The molecule has 7 heteroatoms. The van der Waals surface area contributed by atoms with Crippen LogP contribution in [0.25, 0.3) is 6.08 Å². The van der Waals surface area contributed by atoms with Crippen molar-refractivity contribution in [2.45, 2.75) is 13.3 Å². The van der Waals surface area contributed by atoms with Crippen LogP contribution in [0.3, 0.4) is 0 Å². The van der Waals surface area contributed by atoms with Crippen molar-refractivity contribution in [3.63, 3.8) is 0 Å². The molecule has 28 heavy (non-hydrogen) atoms. The summed E-state index contributed by atoms with van der Waals surface area (Å²) in [5.41, 5.74) is 1.33. The minimum absolute atomic E-state index is 0.269. The number of benzene rings is 2. The zero-order chi connectivity index (χ0) is 19.9. The number of carbonyl (C=O) groups excluding carboxylic acids is 3. The van der Waals surface area contributed by atoms with Crippen LogP contribution in [0.5, 0.6) is 5.75 Å². The molecule has 0 saturated carbocycles. The molecule has 1 aliphatic heterocycles. The molecule has 0 unspecified atom stereocenters. The molecule has 2 aromatic carbocycles. The SMILES string of the molecule is CCCOc1ccccc1/C=C1/SC(=O)N(CC(=O)Nc2ccccc2)C1=O. The Bertz CT molecular complexity index is 912. The first-order chi connectivity index (χ1) is 13.6. The maximum atomic E-state index is 12.6. The average Bonchev–Trinajstić information content (AvgIpc) is 2.95. The Morgan fingerprint density at radius 1 is 1.11 bits per heavy atom. The molecule has 0 radical (unpaired) electrons. The third-order valence-corrected chi connectivity index (χ3v) is 4.81. The summed E-state index contributed by atoms with van der Waals surface area (Å²) in [7, 11) is 0. The number of imide groups is 1. The average molecular weight is 396 g/mol. The van der Waals surface area contributed by atoms with E-state index in [9.17, 15) is 14.4 Å². The van der Waals surface area contributed by atoms with Gasteiger partial charge in [0.15, 0.2) is 0 Å². The third kappa shape index (κ3) is 4.80. The maximum absolute atomic E-state index is 12.6. The standard InChI is InChI=1S/C21H20N2O4S/c1-2-12-27-17-11-7-6-8-15(17)13-18-20(25)23(21(26)28-18)14-19(24)22-16-9-4-3-5-10-16/h3-11,13H,2,12,14H2,1H3,(H,22,24)/b18-13+. The van der Waals surface area contributed by atoms with Crippen LogP contribution in [0.2, 0.25) is 0 Å². The molecule has 0 spiro atoms. The van der Waals surface area contributed by atoms with E-state index in [0.29, 0.717) is 18.0 Å². The summed E-state index contributed by atoms with van der Waals surface area (Å²) in [6.07, 6.45) is 2.49. The highest BCUT2D eigenvalue weighted by Gasteiger charge is 2.36. The first-order valence-electron chi connectivity index (χ1n) is 8.90. The lowest BCUT2D eigenvalue weighted by Gasteiger charge is -2.12. The molecule has 144 valence electrons. The lowest BCUT2D eigenvalue weighted by atomic mass is 10.2. The monoisotopic (exact) mass is 396 g/mol. The Kier molecular flexibility index (Phi) is 6.49. The number of nitrogens with one attached hydrogen (secondary N) is 1. The highest BCUT2D eigenvalue weighted by atomic mass is 32.2. The van der Waals surface area contributed by atoms with Gasteiger partial charge in [-0.05, 0) is 42.5 Å². The van der Waals surface area contributed by atoms with Gasteiger partial charge in [0.2, 0.25) is 5.91 Å². The van der Waals surface area contributed by atoms with Crippen LogP contribution >= 0.6 is 11.8 Å². The van der Waals surface area contributed by atoms with Gasteiger partial charge in [0.1, 0.15) is 12.3 Å². The molecule has 1 N–H and O–H groups in total.